The predicted octanol–water partition coefficient (Wildman–Crippen LogP) is 2.14. The van der Waals surface area contributed by atoms with Crippen LogP contribution in [-0.4, -0.2) is 20.6 Å². The SMILES string of the molecule is CCc1n[nH]c(=S)n1N=C(C)C1CC1. The minimum atomic E-state index is 0.585. The van der Waals surface area contributed by atoms with Crippen LogP contribution in [0.1, 0.15) is 32.5 Å². The van der Waals surface area contributed by atoms with Crippen molar-refractivity contribution in [2.75, 3.05) is 0 Å². The number of aromatic nitrogens is 3. The van der Waals surface area contributed by atoms with Crippen LogP contribution in [0, 0.1) is 10.7 Å². The van der Waals surface area contributed by atoms with Gasteiger partial charge in [-0.1, -0.05) is 6.92 Å². The molecule has 1 heterocycles. The van der Waals surface area contributed by atoms with E-state index < -0.39 is 0 Å². The number of rotatable bonds is 3. The summed E-state index contributed by atoms with van der Waals surface area (Å²) in [5, 5.41) is 11.4. The molecule has 0 aromatic carbocycles. The zero-order valence-electron chi connectivity index (χ0n) is 8.45. The molecule has 1 fully saturated rings. The number of H-pyrrole nitrogens is 1. The first-order valence-electron chi connectivity index (χ1n) is 4.94. The molecule has 1 aliphatic rings. The largest absolute Gasteiger partial charge is 0.250 e. The molecule has 1 aromatic rings. The predicted molar refractivity (Wildman–Crippen MR) is 58.0 cm³/mol. The van der Waals surface area contributed by atoms with E-state index in [0.717, 1.165) is 18.0 Å². The molecule has 0 atom stereocenters. The molecule has 0 unspecified atom stereocenters. The van der Waals surface area contributed by atoms with E-state index in [9.17, 15) is 0 Å². The van der Waals surface area contributed by atoms with Crippen LogP contribution in [0.5, 0.6) is 0 Å². The van der Waals surface area contributed by atoms with Gasteiger partial charge in [-0.05, 0) is 37.9 Å². The summed E-state index contributed by atoms with van der Waals surface area (Å²) in [4.78, 5) is 0. The lowest BCUT2D eigenvalue weighted by molar-refractivity contribution is 0.769. The van der Waals surface area contributed by atoms with Crippen LogP contribution < -0.4 is 0 Å². The second kappa shape index (κ2) is 3.65. The highest BCUT2D eigenvalue weighted by Gasteiger charge is 2.24. The van der Waals surface area contributed by atoms with Gasteiger partial charge in [0.15, 0.2) is 5.82 Å². The minimum Gasteiger partial charge on any atom is -0.250 e. The fourth-order valence-electron chi connectivity index (χ4n) is 1.40. The van der Waals surface area contributed by atoms with Gasteiger partial charge >= 0.3 is 0 Å². The first-order valence-corrected chi connectivity index (χ1v) is 5.35. The normalized spacial score (nSPS) is 17.4. The van der Waals surface area contributed by atoms with E-state index in [4.69, 9.17) is 12.2 Å². The Bertz CT molecular complexity index is 411. The smallest absolute Gasteiger partial charge is 0.216 e. The Morgan fingerprint density at radius 3 is 3.00 bits per heavy atom. The van der Waals surface area contributed by atoms with Crippen molar-refractivity contribution in [1.82, 2.24) is 14.9 Å². The molecule has 0 saturated heterocycles. The van der Waals surface area contributed by atoms with E-state index in [1.54, 1.807) is 4.68 Å². The van der Waals surface area contributed by atoms with Gasteiger partial charge in [0.25, 0.3) is 0 Å². The van der Waals surface area contributed by atoms with Crippen molar-refractivity contribution in [2.24, 2.45) is 11.0 Å². The number of aromatic amines is 1. The van der Waals surface area contributed by atoms with Crippen molar-refractivity contribution in [1.29, 1.82) is 0 Å². The van der Waals surface area contributed by atoms with E-state index in [1.807, 2.05) is 6.92 Å². The van der Waals surface area contributed by atoms with Gasteiger partial charge in [-0.3, -0.25) is 5.10 Å². The van der Waals surface area contributed by atoms with E-state index in [1.165, 1.54) is 12.8 Å². The van der Waals surface area contributed by atoms with Crippen LogP contribution in [0.2, 0.25) is 0 Å². The van der Waals surface area contributed by atoms with Crippen molar-refractivity contribution >= 4 is 17.9 Å². The standard InChI is InChI=1S/C9H14N4S/c1-3-8-10-11-9(14)13(8)12-6(2)7-4-5-7/h7H,3-5H2,1-2H3,(H,11,14). The molecule has 0 radical (unpaired) electrons. The maximum atomic E-state index is 5.10. The lowest BCUT2D eigenvalue weighted by Crippen LogP contribution is -2.02. The van der Waals surface area contributed by atoms with Gasteiger partial charge in [0.2, 0.25) is 4.77 Å². The summed E-state index contributed by atoms with van der Waals surface area (Å²) < 4.78 is 2.32. The molecule has 0 aliphatic heterocycles. The molecule has 2 rings (SSSR count). The van der Waals surface area contributed by atoms with Gasteiger partial charge in [-0.25, -0.2) is 0 Å². The monoisotopic (exact) mass is 210 g/mol. The summed E-state index contributed by atoms with van der Waals surface area (Å²) in [6.07, 6.45) is 3.37. The fourth-order valence-corrected chi connectivity index (χ4v) is 1.59. The Morgan fingerprint density at radius 2 is 2.43 bits per heavy atom. The first-order chi connectivity index (χ1) is 6.72. The molecule has 5 heteroatoms. The summed E-state index contributed by atoms with van der Waals surface area (Å²) in [5.41, 5.74) is 1.16. The Morgan fingerprint density at radius 1 is 1.71 bits per heavy atom. The molecule has 1 aromatic heterocycles. The lowest BCUT2D eigenvalue weighted by atomic mass is 10.3. The average Bonchev–Trinajstić information content (AvgIpc) is 2.95. The lowest BCUT2D eigenvalue weighted by Gasteiger charge is -1.99. The summed E-state index contributed by atoms with van der Waals surface area (Å²) in [5.74, 6) is 1.58. The van der Waals surface area contributed by atoms with Crippen molar-refractivity contribution in [3.63, 3.8) is 0 Å². The Balaban J connectivity index is 2.34. The molecular weight excluding hydrogens is 196 g/mol. The third-order valence-electron chi connectivity index (χ3n) is 2.46. The summed E-state index contributed by atoms with van der Waals surface area (Å²) >= 11 is 5.10. The van der Waals surface area contributed by atoms with E-state index in [2.05, 4.69) is 22.2 Å². The topological polar surface area (TPSA) is 46.0 Å². The molecule has 0 spiro atoms. The van der Waals surface area contributed by atoms with Crippen molar-refractivity contribution in [3.8, 4) is 0 Å². The van der Waals surface area contributed by atoms with Crippen LogP contribution in [0.3, 0.4) is 0 Å². The maximum Gasteiger partial charge on any atom is 0.216 e. The highest BCUT2D eigenvalue weighted by atomic mass is 32.1. The van der Waals surface area contributed by atoms with Crippen LogP contribution >= 0.6 is 12.2 Å². The molecule has 14 heavy (non-hydrogen) atoms. The number of nitrogens with zero attached hydrogens (tertiary/aromatic N) is 3. The molecule has 4 nitrogen and oxygen atoms in total. The zero-order valence-corrected chi connectivity index (χ0v) is 9.27. The van der Waals surface area contributed by atoms with Gasteiger partial charge in [0.05, 0.1) is 0 Å². The highest BCUT2D eigenvalue weighted by molar-refractivity contribution is 7.71. The molecule has 0 amide bonds. The molecule has 1 saturated carbocycles. The molecule has 76 valence electrons. The van der Waals surface area contributed by atoms with Crippen LogP contribution in [-0.2, 0) is 6.42 Å². The maximum absolute atomic E-state index is 5.10. The third-order valence-corrected chi connectivity index (χ3v) is 2.72. The Labute approximate surface area is 88.0 Å². The summed E-state index contributed by atoms with van der Waals surface area (Å²) in [6.45, 7) is 4.11. The summed E-state index contributed by atoms with van der Waals surface area (Å²) in [7, 11) is 0. The number of hydrogen-bond donors (Lipinski definition) is 1. The van der Waals surface area contributed by atoms with Gasteiger partial charge in [0, 0.05) is 12.1 Å². The van der Waals surface area contributed by atoms with Gasteiger partial charge in [-0.15, -0.1) is 0 Å². The van der Waals surface area contributed by atoms with Crippen molar-refractivity contribution in [2.45, 2.75) is 33.1 Å². The van der Waals surface area contributed by atoms with Crippen LogP contribution in [0.4, 0.5) is 0 Å². The van der Waals surface area contributed by atoms with Gasteiger partial charge < -0.3 is 0 Å². The molecule has 0 bridgehead atoms. The molecular formula is C9H14N4S. The fraction of sp³-hybridized carbons (Fsp3) is 0.667. The second-order valence-electron chi connectivity index (χ2n) is 3.63. The minimum absolute atomic E-state index is 0.585. The average molecular weight is 210 g/mol. The van der Waals surface area contributed by atoms with E-state index >= 15 is 0 Å². The highest BCUT2D eigenvalue weighted by Crippen LogP contribution is 2.30. The van der Waals surface area contributed by atoms with Crippen LogP contribution in [0.25, 0.3) is 0 Å². The Hall–Kier alpha value is -0.970. The van der Waals surface area contributed by atoms with Gasteiger partial charge in [0.1, 0.15) is 0 Å². The molecule has 1 aliphatic carbocycles. The molecule has 1 N–H and O–H groups in total. The Kier molecular flexibility index (Phi) is 2.50. The van der Waals surface area contributed by atoms with E-state index in [0.29, 0.717) is 10.7 Å². The second-order valence-corrected chi connectivity index (χ2v) is 4.01. The van der Waals surface area contributed by atoms with Gasteiger partial charge in [-0.2, -0.15) is 14.9 Å². The van der Waals surface area contributed by atoms with E-state index in [-0.39, 0.29) is 0 Å². The quantitative estimate of drug-likeness (QED) is 0.613. The zero-order chi connectivity index (χ0) is 10.1. The number of hydrogen-bond acceptors (Lipinski definition) is 3. The van der Waals surface area contributed by atoms with Crippen LogP contribution in [0.15, 0.2) is 5.10 Å². The third kappa shape index (κ3) is 1.77. The summed E-state index contributed by atoms with van der Waals surface area (Å²) in [6, 6.07) is 0. The van der Waals surface area contributed by atoms with Crippen molar-refractivity contribution < 1.29 is 0 Å². The van der Waals surface area contributed by atoms with Crippen molar-refractivity contribution in [3.05, 3.63) is 10.6 Å². The first kappa shape index (κ1) is 9.58. The number of aryl methyl sites for hydroxylation is 1. The number of nitrogens with one attached hydrogen (secondary N) is 1.